The van der Waals surface area contributed by atoms with Crippen LogP contribution >= 0.6 is 22.6 Å². The number of allylic oxidation sites excluding steroid dienone is 2. The van der Waals surface area contributed by atoms with E-state index >= 15 is 0 Å². The van der Waals surface area contributed by atoms with Gasteiger partial charge in [0.05, 0.1) is 0 Å². The van der Waals surface area contributed by atoms with Crippen molar-refractivity contribution in [1.29, 1.82) is 0 Å². The number of rotatable bonds is 2. The summed E-state index contributed by atoms with van der Waals surface area (Å²) in [6, 6.07) is 0. The molecule has 1 heterocycles. The Kier molecular flexibility index (Phi) is 3.62. The molecule has 2 atom stereocenters. The summed E-state index contributed by atoms with van der Waals surface area (Å²) in [5.41, 5.74) is 1.23. The van der Waals surface area contributed by atoms with E-state index in [4.69, 9.17) is 4.74 Å². The van der Waals surface area contributed by atoms with E-state index in [9.17, 15) is 0 Å². The minimum Gasteiger partial charge on any atom is -0.480 e. The summed E-state index contributed by atoms with van der Waals surface area (Å²) in [6.45, 7) is 6.49. The molecule has 0 aromatic heterocycles. The van der Waals surface area contributed by atoms with E-state index < -0.39 is 0 Å². The third-order valence-corrected chi connectivity index (χ3v) is 3.40. The molecule has 0 radical (unpaired) electrons. The van der Waals surface area contributed by atoms with E-state index in [1.807, 2.05) is 0 Å². The first-order valence-electron chi connectivity index (χ1n) is 4.36. The lowest BCUT2D eigenvalue weighted by molar-refractivity contribution is 0.124. The molecule has 1 aliphatic heterocycles. The SMILES string of the molecule is CCC(C)C1C=CC(C)=C(I)O1. The third kappa shape index (κ3) is 2.25. The van der Waals surface area contributed by atoms with Crippen molar-refractivity contribution in [2.75, 3.05) is 0 Å². The molecule has 2 heteroatoms. The molecule has 0 bridgehead atoms. The first-order chi connectivity index (χ1) is 5.65. The van der Waals surface area contributed by atoms with Crippen LogP contribution in [0.5, 0.6) is 0 Å². The lowest BCUT2D eigenvalue weighted by Crippen LogP contribution is -2.20. The van der Waals surface area contributed by atoms with Gasteiger partial charge in [-0.05, 0) is 53.5 Å². The zero-order valence-corrected chi connectivity index (χ0v) is 9.96. The molecule has 1 rings (SSSR count). The van der Waals surface area contributed by atoms with Crippen LogP contribution in [0.4, 0.5) is 0 Å². The molecule has 1 aliphatic rings. The van der Waals surface area contributed by atoms with Crippen molar-refractivity contribution in [2.24, 2.45) is 5.92 Å². The molecule has 1 nitrogen and oxygen atoms in total. The average molecular weight is 278 g/mol. The molecule has 0 aromatic rings. The zero-order chi connectivity index (χ0) is 9.14. The van der Waals surface area contributed by atoms with Gasteiger partial charge in [0, 0.05) is 0 Å². The minimum atomic E-state index is 0.283. The van der Waals surface area contributed by atoms with Gasteiger partial charge in [-0.2, -0.15) is 0 Å². The van der Waals surface area contributed by atoms with Crippen LogP contribution in [0.3, 0.4) is 0 Å². The van der Waals surface area contributed by atoms with Crippen LogP contribution in [0.25, 0.3) is 0 Å². The van der Waals surface area contributed by atoms with Gasteiger partial charge >= 0.3 is 0 Å². The topological polar surface area (TPSA) is 9.23 Å². The fraction of sp³-hybridized carbons (Fsp3) is 0.600. The molecule has 0 aromatic carbocycles. The van der Waals surface area contributed by atoms with Crippen LogP contribution in [0.2, 0.25) is 0 Å². The Balaban J connectivity index is 2.62. The molecule has 0 fully saturated rings. The fourth-order valence-corrected chi connectivity index (χ4v) is 1.57. The molecule has 2 unspecified atom stereocenters. The first-order valence-corrected chi connectivity index (χ1v) is 5.44. The predicted octanol–water partition coefficient (Wildman–Crippen LogP) is 3.65. The molecule has 0 aliphatic carbocycles. The predicted molar refractivity (Wildman–Crippen MR) is 60.2 cm³/mol. The molecule has 0 saturated heterocycles. The van der Waals surface area contributed by atoms with Gasteiger partial charge in [0.25, 0.3) is 0 Å². The number of ether oxygens (including phenoxy) is 1. The van der Waals surface area contributed by atoms with E-state index in [0.717, 1.165) is 10.2 Å². The second-order valence-corrected chi connectivity index (χ2v) is 4.26. The Morgan fingerprint density at radius 1 is 1.67 bits per heavy atom. The molecular weight excluding hydrogens is 263 g/mol. The Morgan fingerprint density at radius 2 is 2.33 bits per heavy atom. The van der Waals surface area contributed by atoms with Crippen molar-refractivity contribution in [2.45, 2.75) is 33.3 Å². The molecule has 0 amide bonds. The summed E-state index contributed by atoms with van der Waals surface area (Å²) in [4.78, 5) is 0. The maximum Gasteiger partial charge on any atom is 0.160 e. The summed E-state index contributed by atoms with van der Waals surface area (Å²) in [5.74, 6) is 0.610. The van der Waals surface area contributed by atoms with Gasteiger partial charge in [-0.3, -0.25) is 0 Å². The third-order valence-electron chi connectivity index (χ3n) is 2.29. The van der Waals surface area contributed by atoms with Crippen LogP contribution < -0.4 is 0 Å². The monoisotopic (exact) mass is 278 g/mol. The number of halogens is 1. The van der Waals surface area contributed by atoms with Gasteiger partial charge in [-0.15, -0.1) is 0 Å². The lowest BCUT2D eigenvalue weighted by atomic mass is 10.00. The van der Waals surface area contributed by atoms with Gasteiger partial charge in [0.15, 0.2) is 3.77 Å². The highest BCUT2D eigenvalue weighted by atomic mass is 127. The van der Waals surface area contributed by atoms with Gasteiger partial charge < -0.3 is 4.74 Å². The minimum absolute atomic E-state index is 0.283. The Labute approximate surface area is 88.0 Å². The van der Waals surface area contributed by atoms with Gasteiger partial charge in [0.1, 0.15) is 6.10 Å². The summed E-state index contributed by atoms with van der Waals surface area (Å²) in [5, 5.41) is 0. The van der Waals surface area contributed by atoms with Crippen molar-refractivity contribution in [1.82, 2.24) is 0 Å². The van der Waals surface area contributed by atoms with E-state index in [-0.39, 0.29) is 6.10 Å². The number of hydrogen-bond donors (Lipinski definition) is 0. The Bertz CT molecular complexity index is 218. The highest BCUT2D eigenvalue weighted by molar-refractivity contribution is 14.1. The standard InChI is InChI=1S/C10H15IO/c1-4-7(2)9-6-5-8(3)10(11)12-9/h5-7,9H,4H2,1-3H3. The van der Waals surface area contributed by atoms with E-state index in [2.05, 4.69) is 55.5 Å². The highest BCUT2D eigenvalue weighted by Crippen LogP contribution is 2.26. The number of hydrogen-bond acceptors (Lipinski definition) is 1. The second kappa shape index (κ2) is 4.30. The Morgan fingerprint density at radius 3 is 2.83 bits per heavy atom. The Hall–Kier alpha value is 0.01000. The quantitative estimate of drug-likeness (QED) is 0.700. The van der Waals surface area contributed by atoms with Crippen molar-refractivity contribution in [3.63, 3.8) is 0 Å². The smallest absolute Gasteiger partial charge is 0.160 e. The summed E-state index contributed by atoms with van der Waals surface area (Å²) >= 11 is 2.25. The summed E-state index contributed by atoms with van der Waals surface area (Å²) < 4.78 is 6.77. The second-order valence-electron chi connectivity index (χ2n) is 3.28. The van der Waals surface area contributed by atoms with Crippen LogP contribution in [-0.4, -0.2) is 6.10 Å². The van der Waals surface area contributed by atoms with Crippen LogP contribution in [-0.2, 0) is 4.74 Å². The molecule has 68 valence electrons. The molecular formula is C10H15IO. The molecule has 0 saturated carbocycles. The highest BCUT2D eigenvalue weighted by Gasteiger charge is 2.18. The summed E-state index contributed by atoms with van der Waals surface area (Å²) in [7, 11) is 0. The van der Waals surface area contributed by atoms with E-state index in [1.54, 1.807) is 0 Å². The van der Waals surface area contributed by atoms with Crippen molar-refractivity contribution in [3.05, 3.63) is 21.5 Å². The molecule has 0 spiro atoms. The molecule has 0 N–H and O–H groups in total. The maximum absolute atomic E-state index is 5.73. The van der Waals surface area contributed by atoms with E-state index in [1.165, 1.54) is 5.57 Å². The van der Waals surface area contributed by atoms with Crippen LogP contribution in [0.15, 0.2) is 21.5 Å². The largest absolute Gasteiger partial charge is 0.480 e. The van der Waals surface area contributed by atoms with Crippen molar-refractivity contribution >= 4 is 22.6 Å². The van der Waals surface area contributed by atoms with Gasteiger partial charge in [0.2, 0.25) is 0 Å². The van der Waals surface area contributed by atoms with Crippen molar-refractivity contribution < 1.29 is 4.74 Å². The fourth-order valence-electron chi connectivity index (χ4n) is 1.09. The van der Waals surface area contributed by atoms with Crippen molar-refractivity contribution in [3.8, 4) is 0 Å². The van der Waals surface area contributed by atoms with Crippen LogP contribution in [0, 0.1) is 5.92 Å². The first kappa shape index (κ1) is 10.1. The zero-order valence-electron chi connectivity index (χ0n) is 7.80. The average Bonchev–Trinajstić information content (AvgIpc) is 2.08. The molecule has 12 heavy (non-hydrogen) atoms. The van der Waals surface area contributed by atoms with Crippen LogP contribution in [0.1, 0.15) is 27.2 Å². The van der Waals surface area contributed by atoms with Gasteiger partial charge in [-0.25, -0.2) is 0 Å². The normalized spacial score (nSPS) is 25.5. The lowest BCUT2D eigenvalue weighted by Gasteiger charge is -2.24. The van der Waals surface area contributed by atoms with Gasteiger partial charge in [-0.1, -0.05) is 19.9 Å². The van der Waals surface area contributed by atoms with E-state index in [0.29, 0.717) is 5.92 Å². The maximum atomic E-state index is 5.73. The summed E-state index contributed by atoms with van der Waals surface area (Å²) in [6.07, 6.45) is 5.76.